The molecular formula is C3F8O3S. The Bertz CT molecular complexity index is 322. The molecule has 0 saturated carbocycles. The molecule has 0 spiro atoms. The lowest BCUT2D eigenvalue weighted by Gasteiger charge is -2.19. The summed E-state index contributed by atoms with van der Waals surface area (Å²) in [7, 11) is -7.16. The van der Waals surface area contributed by atoms with Gasteiger partial charge >= 0.3 is 27.9 Å². The predicted molar refractivity (Wildman–Crippen MR) is 27.1 cm³/mol. The average Bonchev–Trinajstić information content (AvgIpc) is 1.77. The number of rotatable bonds is 2. The molecule has 0 fully saturated rings. The minimum atomic E-state index is -7.16. The number of alkyl halides is 8. The quantitative estimate of drug-likeness (QED) is 0.568. The molecule has 0 aromatic heterocycles. The Morgan fingerprint density at radius 1 is 0.800 bits per heavy atom. The molecule has 92 valence electrons. The van der Waals surface area contributed by atoms with Crippen molar-refractivity contribution in [2.24, 2.45) is 0 Å². The molecule has 0 atom stereocenters. The second-order valence-electron chi connectivity index (χ2n) is 2.00. The summed E-state index contributed by atoms with van der Waals surface area (Å²) in [6, 6.07) is 0. The maximum atomic E-state index is 11.9. The van der Waals surface area contributed by atoms with Crippen molar-refractivity contribution in [2.45, 2.75) is 17.8 Å². The first-order chi connectivity index (χ1) is 6.21. The van der Waals surface area contributed by atoms with Crippen LogP contribution >= 0.6 is 0 Å². The van der Waals surface area contributed by atoms with Gasteiger partial charge in [-0.05, 0) is 0 Å². The Morgan fingerprint density at radius 2 is 1.13 bits per heavy atom. The molecule has 0 bridgehead atoms. The van der Waals surface area contributed by atoms with Crippen molar-refractivity contribution in [3.05, 3.63) is 0 Å². The van der Waals surface area contributed by atoms with Gasteiger partial charge in [-0.25, -0.2) is 0 Å². The second-order valence-corrected chi connectivity index (χ2v) is 3.59. The van der Waals surface area contributed by atoms with Crippen LogP contribution in [-0.2, 0) is 14.3 Å². The molecule has 0 aliphatic rings. The van der Waals surface area contributed by atoms with Crippen molar-refractivity contribution in [1.29, 1.82) is 0 Å². The molecule has 0 unspecified atom stereocenters. The SMILES string of the molecule is O=S(=O)(OC(F)(F)F)C(F)(F)C(F)(F)F. The lowest BCUT2D eigenvalue weighted by atomic mass is 10.7. The third-order valence-electron chi connectivity index (χ3n) is 0.848. The minimum Gasteiger partial charge on any atom is -0.192 e. The van der Waals surface area contributed by atoms with Crippen molar-refractivity contribution in [3.63, 3.8) is 0 Å². The second kappa shape index (κ2) is 3.43. The summed E-state index contributed by atoms with van der Waals surface area (Å²) in [5.74, 6) is 0. The molecule has 3 nitrogen and oxygen atoms in total. The Labute approximate surface area is 76.7 Å². The van der Waals surface area contributed by atoms with E-state index in [-0.39, 0.29) is 0 Å². The smallest absolute Gasteiger partial charge is 0.192 e. The normalized spacial score (nSPS) is 15.5. The standard InChI is InChI=1S/C3F8O3S/c4-1(5,6)2(7,8)15(12,13)14-3(9,10)11. The highest BCUT2D eigenvalue weighted by Crippen LogP contribution is 2.42. The topological polar surface area (TPSA) is 43.4 Å². The molecule has 0 aromatic carbocycles. The van der Waals surface area contributed by atoms with E-state index in [2.05, 4.69) is 0 Å². The number of hydrogen-bond acceptors (Lipinski definition) is 3. The maximum Gasteiger partial charge on any atom is 0.537 e. The van der Waals surface area contributed by atoms with Crippen LogP contribution in [0.4, 0.5) is 35.1 Å². The van der Waals surface area contributed by atoms with Crippen LogP contribution in [0, 0.1) is 0 Å². The summed E-state index contributed by atoms with van der Waals surface area (Å²) < 4.78 is 113. The van der Waals surface area contributed by atoms with E-state index in [0.717, 1.165) is 0 Å². The van der Waals surface area contributed by atoms with E-state index in [1.165, 1.54) is 0 Å². The fraction of sp³-hybridized carbons (Fsp3) is 1.00. The molecule has 0 aliphatic heterocycles. The largest absolute Gasteiger partial charge is 0.537 e. The molecule has 0 rings (SSSR count). The van der Waals surface area contributed by atoms with Gasteiger partial charge in [0.25, 0.3) is 0 Å². The third-order valence-corrected chi connectivity index (χ3v) is 2.12. The zero-order chi connectivity index (χ0) is 12.7. The summed E-state index contributed by atoms with van der Waals surface area (Å²) in [5.41, 5.74) is 0. The highest BCUT2D eigenvalue weighted by Gasteiger charge is 2.70. The van der Waals surface area contributed by atoms with E-state index in [0.29, 0.717) is 0 Å². The molecule has 0 amide bonds. The van der Waals surface area contributed by atoms with Crippen LogP contribution in [0.15, 0.2) is 0 Å². The summed E-state index contributed by atoms with van der Waals surface area (Å²) in [6.45, 7) is 0. The lowest BCUT2D eigenvalue weighted by molar-refractivity contribution is -0.286. The monoisotopic (exact) mass is 268 g/mol. The van der Waals surface area contributed by atoms with Gasteiger partial charge in [-0.3, -0.25) is 0 Å². The van der Waals surface area contributed by atoms with Gasteiger partial charge in [0.05, 0.1) is 0 Å². The summed E-state index contributed by atoms with van der Waals surface area (Å²) in [5, 5.41) is -6.63. The van der Waals surface area contributed by atoms with Crippen LogP contribution in [0.5, 0.6) is 0 Å². The van der Waals surface area contributed by atoms with Gasteiger partial charge in [-0.15, -0.1) is 13.2 Å². The molecule has 15 heavy (non-hydrogen) atoms. The van der Waals surface area contributed by atoms with Gasteiger partial charge in [0.2, 0.25) is 0 Å². The summed E-state index contributed by atoms with van der Waals surface area (Å²) in [4.78, 5) is 0. The Kier molecular flexibility index (Phi) is 3.29. The van der Waals surface area contributed by atoms with Gasteiger partial charge in [0, 0.05) is 0 Å². The van der Waals surface area contributed by atoms with Crippen molar-refractivity contribution in [2.75, 3.05) is 0 Å². The Hall–Kier alpha value is -0.650. The van der Waals surface area contributed by atoms with E-state index >= 15 is 0 Å². The lowest BCUT2D eigenvalue weighted by Crippen LogP contribution is -2.46. The van der Waals surface area contributed by atoms with Gasteiger partial charge in [-0.1, -0.05) is 0 Å². The molecule has 12 heteroatoms. The molecule has 0 aliphatic carbocycles. The molecule has 0 N–H and O–H groups in total. The van der Waals surface area contributed by atoms with E-state index in [1.807, 2.05) is 0 Å². The fourth-order valence-corrected chi connectivity index (χ4v) is 0.955. The maximum absolute atomic E-state index is 11.9. The predicted octanol–water partition coefficient (Wildman–Crippen LogP) is 2.01. The first kappa shape index (κ1) is 14.3. The molecular weight excluding hydrogens is 268 g/mol. The molecule has 0 saturated heterocycles. The third kappa shape index (κ3) is 3.15. The van der Waals surface area contributed by atoms with Crippen LogP contribution in [-0.4, -0.2) is 26.2 Å². The highest BCUT2D eigenvalue weighted by molar-refractivity contribution is 7.87. The van der Waals surface area contributed by atoms with Crippen LogP contribution in [0.25, 0.3) is 0 Å². The van der Waals surface area contributed by atoms with E-state index in [9.17, 15) is 43.5 Å². The van der Waals surface area contributed by atoms with Crippen molar-refractivity contribution in [3.8, 4) is 0 Å². The number of hydrogen-bond donors (Lipinski definition) is 0. The van der Waals surface area contributed by atoms with Crippen molar-refractivity contribution in [1.82, 2.24) is 0 Å². The van der Waals surface area contributed by atoms with Crippen LogP contribution in [0.3, 0.4) is 0 Å². The zero-order valence-electron chi connectivity index (χ0n) is 6.16. The van der Waals surface area contributed by atoms with Crippen molar-refractivity contribution < 1.29 is 47.7 Å². The van der Waals surface area contributed by atoms with Gasteiger partial charge < -0.3 is 0 Å². The minimum absolute atomic E-state index is 1.72. The fourth-order valence-electron chi connectivity index (χ4n) is 0.318. The van der Waals surface area contributed by atoms with Gasteiger partial charge in [0.1, 0.15) is 0 Å². The average molecular weight is 268 g/mol. The molecule has 0 radical (unpaired) electrons. The van der Waals surface area contributed by atoms with E-state index in [4.69, 9.17) is 0 Å². The van der Waals surface area contributed by atoms with Gasteiger partial charge in [-0.2, -0.15) is 34.6 Å². The van der Waals surface area contributed by atoms with Crippen LogP contribution in [0.1, 0.15) is 0 Å². The molecule has 0 aromatic rings. The summed E-state index contributed by atoms with van der Waals surface area (Å²) >= 11 is 0. The summed E-state index contributed by atoms with van der Waals surface area (Å²) in [6.07, 6.45) is -12.9. The Balaban J connectivity index is 5.24. The van der Waals surface area contributed by atoms with E-state index in [1.54, 1.807) is 4.18 Å². The van der Waals surface area contributed by atoms with Crippen LogP contribution in [0.2, 0.25) is 0 Å². The van der Waals surface area contributed by atoms with Crippen LogP contribution < -0.4 is 0 Å². The van der Waals surface area contributed by atoms with Crippen molar-refractivity contribution >= 4 is 10.1 Å². The zero-order valence-corrected chi connectivity index (χ0v) is 6.97. The highest BCUT2D eigenvalue weighted by atomic mass is 32.2. The Morgan fingerprint density at radius 3 is 1.33 bits per heavy atom. The van der Waals surface area contributed by atoms with E-state index < -0.39 is 27.9 Å². The first-order valence-corrected chi connectivity index (χ1v) is 4.08. The first-order valence-electron chi connectivity index (χ1n) is 2.67. The van der Waals surface area contributed by atoms with Gasteiger partial charge in [0.15, 0.2) is 0 Å². The molecule has 0 heterocycles. The number of halogens is 8.